The molecule has 2 bridgehead atoms. The van der Waals surface area contributed by atoms with Gasteiger partial charge in [-0.3, -0.25) is 0 Å². The number of carbonyl (C=O) groups is 3. The van der Waals surface area contributed by atoms with Gasteiger partial charge in [-0.2, -0.15) is 0 Å². The average Bonchev–Trinajstić information content (AvgIpc) is 3.03. The van der Waals surface area contributed by atoms with Crippen LogP contribution < -0.4 is 0 Å². The predicted molar refractivity (Wildman–Crippen MR) is 96.3 cm³/mol. The number of esters is 1. The molecule has 144 valence electrons. The fourth-order valence-corrected chi connectivity index (χ4v) is 4.41. The number of rotatable bonds is 4. The lowest BCUT2D eigenvalue weighted by Gasteiger charge is -2.31. The van der Waals surface area contributed by atoms with Crippen molar-refractivity contribution in [3.8, 4) is 11.1 Å². The Hall–Kier alpha value is -3.03. The standard InChI is InChI=1S/C21H18O7/c22-10-15-16-9-17(28-20(25)21(16,26)27)18(15)14-8-12(6-7-13(14)19(23)24)11-4-2-1-3-5-11/h1-8,10,15-18,26-27H,9H2,(H,23,24)/t15-,16-,17?,18-/m1/s1. The third-order valence-corrected chi connectivity index (χ3v) is 5.75. The van der Waals surface area contributed by atoms with Crippen LogP contribution in [0, 0.1) is 11.8 Å². The fourth-order valence-electron chi connectivity index (χ4n) is 4.41. The van der Waals surface area contributed by atoms with Gasteiger partial charge in [0.05, 0.1) is 5.56 Å². The Labute approximate surface area is 160 Å². The van der Waals surface area contributed by atoms with E-state index >= 15 is 0 Å². The first-order valence-corrected chi connectivity index (χ1v) is 8.88. The largest absolute Gasteiger partial charge is 0.478 e. The molecule has 2 aliphatic rings. The number of benzene rings is 2. The van der Waals surface area contributed by atoms with Crippen LogP contribution in [0.3, 0.4) is 0 Å². The highest BCUT2D eigenvalue weighted by Crippen LogP contribution is 2.52. The van der Waals surface area contributed by atoms with E-state index in [2.05, 4.69) is 0 Å². The highest BCUT2D eigenvalue weighted by Gasteiger charge is 2.62. The van der Waals surface area contributed by atoms with Gasteiger partial charge in [-0.25, -0.2) is 9.59 Å². The van der Waals surface area contributed by atoms with E-state index in [0.717, 1.165) is 11.1 Å². The highest BCUT2D eigenvalue weighted by molar-refractivity contribution is 5.91. The maximum absolute atomic E-state index is 12.0. The smallest absolute Gasteiger partial charge is 0.367 e. The van der Waals surface area contributed by atoms with Crippen molar-refractivity contribution in [2.45, 2.75) is 24.2 Å². The Morgan fingerprint density at radius 2 is 1.82 bits per heavy atom. The van der Waals surface area contributed by atoms with E-state index in [1.54, 1.807) is 12.1 Å². The van der Waals surface area contributed by atoms with Crippen LogP contribution in [0.5, 0.6) is 0 Å². The van der Waals surface area contributed by atoms with Crippen LogP contribution >= 0.6 is 0 Å². The molecule has 4 rings (SSSR count). The number of aromatic carboxylic acids is 1. The summed E-state index contributed by atoms with van der Waals surface area (Å²) in [6, 6.07) is 14.1. The van der Waals surface area contributed by atoms with Crippen LogP contribution in [0.2, 0.25) is 0 Å². The molecule has 2 aromatic rings. The van der Waals surface area contributed by atoms with E-state index in [9.17, 15) is 29.7 Å². The molecule has 0 aromatic heterocycles. The molecule has 0 spiro atoms. The Bertz CT molecular complexity index is 950. The van der Waals surface area contributed by atoms with E-state index < -0.39 is 41.6 Å². The predicted octanol–water partition coefficient (Wildman–Crippen LogP) is 1.58. The number of aliphatic hydroxyl groups is 2. The number of carbonyl (C=O) groups excluding carboxylic acids is 2. The van der Waals surface area contributed by atoms with Crippen molar-refractivity contribution in [3.05, 3.63) is 59.7 Å². The van der Waals surface area contributed by atoms with Gasteiger partial charge in [0.15, 0.2) is 0 Å². The molecule has 1 saturated heterocycles. The van der Waals surface area contributed by atoms with Crippen LogP contribution in [0.25, 0.3) is 11.1 Å². The van der Waals surface area contributed by atoms with E-state index in [0.29, 0.717) is 11.8 Å². The number of ether oxygens (including phenoxy) is 1. The zero-order valence-corrected chi connectivity index (χ0v) is 14.7. The second kappa shape index (κ2) is 6.54. The van der Waals surface area contributed by atoms with Gasteiger partial charge in [-0.15, -0.1) is 0 Å². The first-order valence-electron chi connectivity index (χ1n) is 8.88. The van der Waals surface area contributed by atoms with Gasteiger partial charge in [-0.1, -0.05) is 36.4 Å². The Balaban J connectivity index is 1.86. The second-order valence-electron chi connectivity index (χ2n) is 7.22. The maximum Gasteiger partial charge on any atom is 0.367 e. The van der Waals surface area contributed by atoms with E-state index in [-0.39, 0.29) is 12.0 Å². The molecule has 1 aliphatic heterocycles. The zero-order chi connectivity index (χ0) is 20.1. The fraction of sp³-hybridized carbons (Fsp3) is 0.286. The molecule has 3 N–H and O–H groups in total. The van der Waals surface area contributed by atoms with Crippen LogP contribution in [0.1, 0.15) is 28.3 Å². The lowest BCUT2D eigenvalue weighted by atomic mass is 9.80. The van der Waals surface area contributed by atoms with Crippen LogP contribution in [0.15, 0.2) is 48.5 Å². The van der Waals surface area contributed by atoms with E-state index in [1.807, 2.05) is 30.3 Å². The molecule has 2 aromatic carbocycles. The number of carboxylic acid groups (broad SMARTS) is 1. The summed E-state index contributed by atoms with van der Waals surface area (Å²) in [7, 11) is 0. The molecular formula is C21H18O7. The minimum atomic E-state index is -2.77. The summed E-state index contributed by atoms with van der Waals surface area (Å²) >= 11 is 0. The van der Waals surface area contributed by atoms with Crippen molar-refractivity contribution in [1.29, 1.82) is 0 Å². The number of aldehydes is 1. The maximum atomic E-state index is 12.0. The molecule has 0 radical (unpaired) electrons. The Kier molecular flexibility index (Phi) is 4.28. The molecule has 7 heteroatoms. The summed E-state index contributed by atoms with van der Waals surface area (Å²) in [5.74, 6) is -7.94. The van der Waals surface area contributed by atoms with Gasteiger partial charge in [0.1, 0.15) is 12.4 Å². The molecule has 1 aliphatic carbocycles. The van der Waals surface area contributed by atoms with Gasteiger partial charge in [-0.05, 0) is 35.2 Å². The van der Waals surface area contributed by atoms with E-state index in [1.165, 1.54) is 6.07 Å². The average molecular weight is 382 g/mol. The van der Waals surface area contributed by atoms with Gasteiger partial charge < -0.3 is 24.9 Å². The Morgan fingerprint density at radius 1 is 1.11 bits per heavy atom. The molecule has 28 heavy (non-hydrogen) atoms. The Morgan fingerprint density at radius 3 is 2.46 bits per heavy atom. The molecule has 1 saturated carbocycles. The van der Waals surface area contributed by atoms with Crippen molar-refractivity contribution in [1.82, 2.24) is 0 Å². The monoisotopic (exact) mass is 382 g/mol. The second-order valence-corrected chi connectivity index (χ2v) is 7.22. The van der Waals surface area contributed by atoms with Crippen LogP contribution in [-0.2, 0) is 14.3 Å². The minimum absolute atomic E-state index is 0.0124. The molecule has 2 fully saturated rings. The third-order valence-electron chi connectivity index (χ3n) is 5.75. The molecule has 7 nitrogen and oxygen atoms in total. The van der Waals surface area contributed by atoms with Crippen LogP contribution in [0.4, 0.5) is 0 Å². The first kappa shape index (κ1) is 18.3. The summed E-state index contributed by atoms with van der Waals surface area (Å²) in [6.07, 6.45) is -0.176. The van der Waals surface area contributed by atoms with Crippen molar-refractivity contribution >= 4 is 18.2 Å². The summed E-state index contributed by atoms with van der Waals surface area (Å²) in [6.45, 7) is 0. The molecule has 1 heterocycles. The van der Waals surface area contributed by atoms with Crippen molar-refractivity contribution in [3.63, 3.8) is 0 Å². The summed E-state index contributed by atoms with van der Waals surface area (Å²) < 4.78 is 5.18. The van der Waals surface area contributed by atoms with Crippen LogP contribution in [-0.4, -0.2) is 45.4 Å². The molecule has 4 atom stereocenters. The first-order chi connectivity index (χ1) is 13.3. The van der Waals surface area contributed by atoms with Crippen molar-refractivity contribution in [2.75, 3.05) is 0 Å². The number of hydrogen-bond acceptors (Lipinski definition) is 6. The topological polar surface area (TPSA) is 121 Å². The highest BCUT2D eigenvalue weighted by atomic mass is 16.6. The summed E-state index contributed by atoms with van der Waals surface area (Å²) in [5, 5.41) is 29.9. The molecular weight excluding hydrogens is 364 g/mol. The summed E-state index contributed by atoms with van der Waals surface area (Å²) in [4.78, 5) is 35.6. The lowest BCUT2D eigenvalue weighted by molar-refractivity contribution is -0.243. The SMILES string of the molecule is O=C[C@@H]1[C@H]2CC(OC(=O)C2(O)O)[C@@H]1c1cc(-c2ccccc2)ccc1C(=O)O. The summed E-state index contributed by atoms with van der Waals surface area (Å²) in [5.41, 5.74) is 1.93. The third kappa shape index (κ3) is 2.71. The van der Waals surface area contributed by atoms with Crippen molar-refractivity contribution < 1.29 is 34.4 Å². The molecule has 1 unspecified atom stereocenters. The molecule has 0 amide bonds. The number of fused-ring (bicyclic) bond motifs is 2. The zero-order valence-electron chi connectivity index (χ0n) is 14.7. The lowest BCUT2D eigenvalue weighted by Crippen LogP contribution is -2.51. The minimum Gasteiger partial charge on any atom is -0.478 e. The quantitative estimate of drug-likeness (QED) is 0.417. The van der Waals surface area contributed by atoms with Crippen molar-refractivity contribution in [2.24, 2.45) is 11.8 Å². The van der Waals surface area contributed by atoms with E-state index in [4.69, 9.17) is 4.74 Å². The van der Waals surface area contributed by atoms with Gasteiger partial charge in [0, 0.05) is 17.8 Å². The number of carboxylic acids is 1. The van der Waals surface area contributed by atoms with Gasteiger partial charge >= 0.3 is 11.9 Å². The normalized spacial score (nSPS) is 27.9. The number of hydrogen-bond donors (Lipinski definition) is 3. The van der Waals surface area contributed by atoms with Gasteiger partial charge in [0.2, 0.25) is 0 Å². The van der Waals surface area contributed by atoms with Gasteiger partial charge in [0.25, 0.3) is 5.79 Å².